The number of alkyl halides is 3. The number of rotatable bonds is 1. The van der Waals surface area contributed by atoms with Crippen molar-refractivity contribution in [3.05, 3.63) is 11.6 Å². The summed E-state index contributed by atoms with van der Waals surface area (Å²) < 4.78 is 42.9. The van der Waals surface area contributed by atoms with E-state index in [1.54, 1.807) is 6.08 Å². The lowest BCUT2D eigenvalue weighted by atomic mass is 9.30. The largest absolute Gasteiger partial charge is 0.406 e. The number of amides is 1. The third-order valence-corrected chi connectivity index (χ3v) is 14.1. The zero-order chi connectivity index (χ0) is 30.4. The Bertz CT molecular complexity index is 1340. The van der Waals surface area contributed by atoms with E-state index in [1.165, 1.54) is 0 Å². The van der Waals surface area contributed by atoms with E-state index in [9.17, 15) is 32.8 Å². The number of fused-ring (bicyclic) bond motifs is 4. The second-order valence-corrected chi connectivity index (χ2v) is 16.5. The van der Waals surface area contributed by atoms with Crippen molar-refractivity contribution < 1.29 is 27.6 Å². The molecule has 5 fully saturated rings. The van der Waals surface area contributed by atoms with Crippen LogP contribution in [0.4, 0.5) is 13.2 Å². The maximum Gasteiger partial charge on any atom is 0.406 e. The topological polar surface area (TPSA) is 78.2 Å². The Morgan fingerprint density at radius 2 is 1.56 bits per heavy atom. The standard InChI is InChI=1S/C33H43F3N2O3/c1-26(2)10-12-31-13-11-30(7)29(6)9-8-20-27(3,4)24(40)19(17-37)15-28(20,5)21(29)14-23(39)33(30,22(31)16-26)38(25(31)41)18-32(34,35)36/h15,20-22H,8-14,16,18H2,1-7H3/t20?,21-,22?,28+,29-,30+,31+,33-/m1/s1. The van der Waals surface area contributed by atoms with E-state index >= 15 is 0 Å². The zero-order valence-corrected chi connectivity index (χ0v) is 25.4. The molecule has 2 bridgehead atoms. The van der Waals surface area contributed by atoms with Crippen LogP contribution >= 0.6 is 0 Å². The number of carbonyl (C=O) groups excluding carboxylic acids is 3. The minimum Gasteiger partial charge on any atom is -0.319 e. The van der Waals surface area contributed by atoms with Gasteiger partial charge in [0.15, 0.2) is 11.6 Å². The highest BCUT2D eigenvalue weighted by molar-refractivity contribution is 6.05. The first-order valence-electron chi connectivity index (χ1n) is 15.3. The molecule has 2 unspecified atom stereocenters. The average Bonchev–Trinajstić information content (AvgIpc) is 2.99. The lowest BCUT2D eigenvalue weighted by Gasteiger charge is -2.73. The van der Waals surface area contributed by atoms with Gasteiger partial charge in [-0.15, -0.1) is 0 Å². The van der Waals surface area contributed by atoms with Gasteiger partial charge in [0.1, 0.15) is 18.2 Å². The molecule has 224 valence electrons. The maximum absolute atomic E-state index is 15.0. The SMILES string of the molecule is CC1(C)CC[C@]23CC[C@@]4(C)[C@]5(C)CCC6C(C)(C)C(=O)C(C#N)=C[C@]6(C)[C@H]5CC(=O)[C@@]4(C2C1)N(CC(F)(F)F)C3=O. The van der Waals surface area contributed by atoms with Gasteiger partial charge in [0.05, 0.1) is 11.0 Å². The third kappa shape index (κ3) is 3.12. The highest BCUT2D eigenvalue weighted by atomic mass is 19.4. The number of hydrogen-bond acceptors (Lipinski definition) is 4. The molecule has 8 heteroatoms. The van der Waals surface area contributed by atoms with Crippen LogP contribution in [0.25, 0.3) is 0 Å². The molecular formula is C33H43F3N2O3. The van der Waals surface area contributed by atoms with E-state index in [4.69, 9.17) is 0 Å². The van der Waals surface area contributed by atoms with Crippen molar-refractivity contribution in [2.75, 3.05) is 6.54 Å². The number of allylic oxidation sites excluding steroid dienone is 2. The molecule has 1 heterocycles. The van der Waals surface area contributed by atoms with Crippen molar-refractivity contribution >= 4 is 17.5 Å². The Morgan fingerprint density at radius 1 is 0.927 bits per heavy atom. The summed E-state index contributed by atoms with van der Waals surface area (Å²) in [7, 11) is 0. The second kappa shape index (κ2) is 7.85. The summed E-state index contributed by atoms with van der Waals surface area (Å²) in [5.74, 6) is -1.72. The number of likely N-dealkylation sites (tertiary alicyclic amines) is 1. The minimum atomic E-state index is -4.63. The molecule has 1 spiro atoms. The molecule has 5 nitrogen and oxygen atoms in total. The summed E-state index contributed by atoms with van der Waals surface area (Å²) >= 11 is 0. The van der Waals surface area contributed by atoms with Gasteiger partial charge >= 0.3 is 6.18 Å². The lowest BCUT2D eigenvalue weighted by Crippen LogP contribution is -2.78. The van der Waals surface area contributed by atoms with Crippen molar-refractivity contribution in [3.63, 3.8) is 0 Å². The first kappa shape index (κ1) is 28.9. The molecule has 6 aliphatic rings. The Labute approximate surface area is 241 Å². The van der Waals surface area contributed by atoms with Gasteiger partial charge in [-0.1, -0.05) is 54.5 Å². The number of carbonyl (C=O) groups is 3. The van der Waals surface area contributed by atoms with Crippen LogP contribution < -0.4 is 0 Å². The molecule has 1 saturated heterocycles. The Hall–Kier alpha value is -2.17. The van der Waals surface area contributed by atoms with Gasteiger partial charge in [0.25, 0.3) is 0 Å². The molecule has 4 saturated carbocycles. The van der Waals surface area contributed by atoms with Crippen LogP contribution in [0.2, 0.25) is 0 Å². The molecule has 8 atom stereocenters. The molecule has 0 N–H and O–H groups in total. The van der Waals surface area contributed by atoms with E-state index in [0.29, 0.717) is 38.5 Å². The Kier molecular flexibility index (Phi) is 5.54. The fourth-order valence-electron chi connectivity index (χ4n) is 12.1. The molecule has 1 aliphatic heterocycles. The molecule has 41 heavy (non-hydrogen) atoms. The van der Waals surface area contributed by atoms with E-state index in [2.05, 4.69) is 33.8 Å². The quantitative estimate of drug-likeness (QED) is 0.346. The molecular weight excluding hydrogens is 529 g/mol. The highest BCUT2D eigenvalue weighted by Gasteiger charge is 2.84. The van der Waals surface area contributed by atoms with Crippen LogP contribution in [0.1, 0.15) is 99.8 Å². The monoisotopic (exact) mass is 572 g/mol. The van der Waals surface area contributed by atoms with E-state index < -0.39 is 57.2 Å². The molecule has 0 aromatic heterocycles. The summed E-state index contributed by atoms with van der Waals surface area (Å²) in [6.07, 6.45) is 1.39. The number of nitrogens with zero attached hydrogens (tertiary/aromatic N) is 2. The van der Waals surface area contributed by atoms with Gasteiger partial charge in [-0.05, 0) is 73.0 Å². The van der Waals surface area contributed by atoms with Crippen LogP contribution in [-0.2, 0) is 14.4 Å². The number of nitriles is 1. The smallest absolute Gasteiger partial charge is 0.319 e. The normalized spacial score (nSPS) is 47.9. The Balaban J connectivity index is 1.59. The highest BCUT2D eigenvalue weighted by Crippen LogP contribution is 2.80. The molecule has 1 amide bonds. The van der Waals surface area contributed by atoms with Crippen molar-refractivity contribution in [2.24, 2.45) is 50.2 Å². The van der Waals surface area contributed by atoms with Crippen molar-refractivity contribution in [1.82, 2.24) is 4.90 Å². The van der Waals surface area contributed by atoms with Crippen LogP contribution in [0.5, 0.6) is 0 Å². The Morgan fingerprint density at radius 3 is 2.17 bits per heavy atom. The summed E-state index contributed by atoms with van der Waals surface area (Å²) in [5.41, 5.74) is -5.44. The summed E-state index contributed by atoms with van der Waals surface area (Å²) in [6, 6.07) is 2.11. The fourth-order valence-corrected chi connectivity index (χ4v) is 12.1. The summed E-state index contributed by atoms with van der Waals surface area (Å²) in [5, 5.41) is 9.93. The van der Waals surface area contributed by atoms with E-state index in [-0.39, 0.29) is 40.8 Å². The van der Waals surface area contributed by atoms with Gasteiger partial charge in [0, 0.05) is 23.2 Å². The number of ketones is 2. The first-order chi connectivity index (χ1) is 18.7. The summed E-state index contributed by atoms with van der Waals surface area (Å²) in [6.45, 7) is 12.8. The van der Waals surface area contributed by atoms with Gasteiger partial charge in [-0.2, -0.15) is 18.4 Å². The maximum atomic E-state index is 15.0. The number of halogens is 3. The van der Waals surface area contributed by atoms with Crippen molar-refractivity contribution in [1.29, 1.82) is 5.26 Å². The van der Waals surface area contributed by atoms with Crippen LogP contribution in [-0.4, -0.2) is 40.6 Å². The predicted molar refractivity (Wildman–Crippen MR) is 146 cm³/mol. The van der Waals surface area contributed by atoms with Crippen LogP contribution in [0.3, 0.4) is 0 Å². The van der Waals surface area contributed by atoms with Gasteiger partial charge in [-0.25, -0.2) is 0 Å². The molecule has 0 aromatic carbocycles. The van der Waals surface area contributed by atoms with Crippen molar-refractivity contribution in [3.8, 4) is 6.07 Å². The predicted octanol–water partition coefficient (Wildman–Crippen LogP) is 6.81. The molecule has 6 rings (SSSR count). The van der Waals surface area contributed by atoms with Gasteiger partial charge in [-0.3, -0.25) is 14.4 Å². The molecule has 5 aliphatic carbocycles. The van der Waals surface area contributed by atoms with Crippen LogP contribution in [0.15, 0.2) is 11.6 Å². The third-order valence-electron chi connectivity index (χ3n) is 14.1. The average molecular weight is 573 g/mol. The molecule has 0 radical (unpaired) electrons. The summed E-state index contributed by atoms with van der Waals surface area (Å²) in [4.78, 5) is 43.6. The van der Waals surface area contributed by atoms with E-state index in [0.717, 1.165) is 11.3 Å². The van der Waals surface area contributed by atoms with Gasteiger partial charge < -0.3 is 4.90 Å². The first-order valence-corrected chi connectivity index (χ1v) is 15.3. The second-order valence-electron chi connectivity index (χ2n) is 16.5. The van der Waals surface area contributed by atoms with Crippen molar-refractivity contribution in [2.45, 2.75) is 112 Å². The molecule has 0 aromatic rings. The number of Topliss-reactive ketones (excluding diaryl/α,β-unsaturated/α-hetero) is 2. The zero-order valence-electron chi connectivity index (χ0n) is 25.4. The minimum absolute atomic E-state index is 0.0488. The van der Waals surface area contributed by atoms with E-state index in [1.807, 2.05) is 20.8 Å². The van der Waals surface area contributed by atoms with Gasteiger partial charge in [0.2, 0.25) is 5.91 Å². The lowest BCUT2D eigenvalue weighted by molar-refractivity contribution is -0.242. The number of hydrogen-bond donors (Lipinski definition) is 0. The van der Waals surface area contributed by atoms with Crippen LogP contribution in [0, 0.1) is 61.6 Å². The fraction of sp³-hybridized carbons (Fsp3) is 0.818.